The maximum atomic E-state index is 11.7. The van der Waals surface area contributed by atoms with E-state index in [1.807, 2.05) is 6.92 Å². The van der Waals surface area contributed by atoms with Crippen molar-refractivity contribution in [3.05, 3.63) is 16.5 Å². The van der Waals surface area contributed by atoms with Crippen molar-refractivity contribution < 1.29 is 24.2 Å². The average molecular weight is 299 g/mol. The molecule has 0 spiro atoms. The summed E-state index contributed by atoms with van der Waals surface area (Å²) in [6, 6.07) is 1.55. The molecule has 0 fully saturated rings. The number of carbonyl (C=O) groups is 3. The van der Waals surface area contributed by atoms with E-state index in [2.05, 4.69) is 5.32 Å². The Kier molecular flexibility index (Phi) is 6.17. The van der Waals surface area contributed by atoms with Gasteiger partial charge in [-0.1, -0.05) is 6.92 Å². The van der Waals surface area contributed by atoms with Gasteiger partial charge in [0.1, 0.15) is 5.00 Å². The van der Waals surface area contributed by atoms with Gasteiger partial charge in [0, 0.05) is 11.3 Å². The summed E-state index contributed by atoms with van der Waals surface area (Å²) in [6.07, 6.45) is 0.648. The van der Waals surface area contributed by atoms with Crippen molar-refractivity contribution >= 4 is 34.2 Å². The highest BCUT2D eigenvalue weighted by molar-refractivity contribution is 7.16. The first-order valence-electron chi connectivity index (χ1n) is 6.29. The second kappa shape index (κ2) is 7.64. The predicted molar refractivity (Wildman–Crippen MR) is 75.2 cm³/mol. The van der Waals surface area contributed by atoms with Crippen LogP contribution in [0, 0.1) is 0 Å². The van der Waals surface area contributed by atoms with Crippen LogP contribution in [0.5, 0.6) is 0 Å². The molecule has 0 atom stereocenters. The van der Waals surface area contributed by atoms with E-state index in [0.717, 1.165) is 4.88 Å². The minimum atomic E-state index is -1.08. The summed E-state index contributed by atoms with van der Waals surface area (Å²) in [7, 11) is 0. The second-order valence-electron chi connectivity index (χ2n) is 3.97. The van der Waals surface area contributed by atoms with Gasteiger partial charge in [-0.3, -0.25) is 9.59 Å². The van der Waals surface area contributed by atoms with Gasteiger partial charge in [-0.25, -0.2) is 4.79 Å². The highest BCUT2D eigenvalue weighted by Crippen LogP contribution is 2.28. The lowest BCUT2D eigenvalue weighted by molar-refractivity contribution is -0.144. The number of ether oxygens (including phenoxy) is 1. The Balaban J connectivity index is 2.63. The molecule has 0 aliphatic carbocycles. The van der Waals surface area contributed by atoms with E-state index in [-0.39, 0.29) is 25.0 Å². The lowest BCUT2D eigenvalue weighted by atomic mass is 10.2. The topological polar surface area (TPSA) is 92.7 Å². The fourth-order valence-corrected chi connectivity index (χ4v) is 2.51. The van der Waals surface area contributed by atoms with E-state index < -0.39 is 17.8 Å². The molecule has 0 aliphatic heterocycles. The second-order valence-corrected chi connectivity index (χ2v) is 5.10. The molecule has 0 radical (unpaired) electrons. The van der Waals surface area contributed by atoms with Crippen LogP contribution in [-0.4, -0.2) is 29.6 Å². The number of nitrogens with one attached hydrogen (secondary N) is 1. The summed E-state index contributed by atoms with van der Waals surface area (Å²) >= 11 is 1.23. The fraction of sp³-hybridized carbons (Fsp3) is 0.462. The zero-order valence-corrected chi connectivity index (χ0v) is 12.2. The van der Waals surface area contributed by atoms with Crippen molar-refractivity contribution in [2.24, 2.45) is 0 Å². The molecule has 1 rings (SSSR count). The van der Waals surface area contributed by atoms with Crippen molar-refractivity contribution in [3.63, 3.8) is 0 Å². The molecule has 0 saturated heterocycles. The molecule has 20 heavy (non-hydrogen) atoms. The molecule has 6 nitrogen and oxygen atoms in total. The van der Waals surface area contributed by atoms with Crippen molar-refractivity contribution in [3.8, 4) is 0 Å². The lowest BCUT2D eigenvalue weighted by Gasteiger charge is -2.04. The van der Waals surface area contributed by atoms with Crippen LogP contribution in [0.3, 0.4) is 0 Å². The SMILES string of the molecule is CCOC(=O)CCC(=O)Nc1sc(CC)cc1C(=O)O. The van der Waals surface area contributed by atoms with Gasteiger partial charge in [0.2, 0.25) is 5.91 Å². The van der Waals surface area contributed by atoms with Gasteiger partial charge in [0.25, 0.3) is 0 Å². The number of aryl methyl sites for hydroxylation is 1. The molecule has 0 unspecified atom stereocenters. The van der Waals surface area contributed by atoms with Crippen molar-refractivity contribution in [1.29, 1.82) is 0 Å². The average Bonchev–Trinajstić information content (AvgIpc) is 2.80. The summed E-state index contributed by atoms with van der Waals surface area (Å²) < 4.78 is 4.72. The Bertz CT molecular complexity index is 509. The van der Waals surface area contributed by atoms with E-state index in [9.17, 15) is 14.4 Å². The van der Waals surface area contributed by atoms with E-state index in [4.69, 9.17) is 9.84 Å². The molecule has 0 aromatic carbocycles. The number of carboxylic acid groups (broad SMARTS) is 1. The van der Waals surface area contributed by atoms with Gasteiger partial charge in [-0.05, 0) is 19.4 Å². The van der Waals surface area contributed by atoms with Crippen LogP contribution in [0.1, 0.15) is 41.9 Å². The van der Waals surface area contributed by atoms with Gasteiger partial charge < -0.3 is 15.2 Å². The van der Waals surface area contributed by atoms with E-state index in [1.54, 1.807) is 13.0 Å². The van der Waals surface area contributed by atoms with Crippen LogP contribution >= 0.6 is 11.3 Å². The maximum absolute atomic E-state index is 11.7. The van der Waals surface area contributed by atoms with Gasteiger partial charge in [-0.15, -0.1) is 11.3 Å². The zero-order chi connectivity index (χ0) is 15.1. The molecule has 0 saturated carbocycles. The first-order valence-corrected chi connectivity index (χ1v) is 7.11. The van der Waals surface area contributed by atoms with Gasteiger partial charge in [-0.2, -0.15) is 0 Å². The van der Waals surface area contributed by atoms with Crippen molar-refractivity contribution in [2.75, 3.05) is 11.9 Å². The summed E-state index contributed by atoms with van der Waals surface area (Å²) in [4.78, 5) is 34.8. The van der Waals surface area contributed by atoms with Crippen LogP contribution in [0.25, 0.3) is 0 Å². The molecule has 1 aromatic rings. The molecule has 7 heteroatoms. The predicted octanol–water partition coefficient (Wildman–Crippen LogP) is 2.29. The molecular weight excluding hydrogens is 282 g/mol. The van der Waals surface area contributed by atoms with Gasteiger partial charge in [0.15, 0.2) is 0 Å². The largest absolute Gasteiger partial charge is 0.478 e. The Labute approximate surface area is 120 Å². The number of carboxylic acids is 1. The van der Waals surface area contributed by atoms with Gasteiger partial charge >= 0.3 is 11.9 Å². The normalized spacial score (nSPS) is 10.1. The van der Waals surface area contributed by atoms with Gasteiger partial charge in [0.05, 0.1) is 18.6 Å². The third kappa shape index (κ3) is 4.65. The summed E-state index contributed by atoms with van der Waals surface area (Å²) in [6.45, 7) is 3.87. The number of rotatable bonds is 7. The monoisotopic (exact) mass is 299 g/mol. The standard InChI is InChI=1S/C13H17NO5S/c1-3-8-7-9(13(17)18)12(20-8)14-10(15)5-6-11(16)19-4-2/h7H,3-6H2,1-2H3,(H,14,15)(H,17,18). The third-order valence-electron chi connectivity index (χ3n) is 2.48. The quantitative estimate of drug-likeness (QED) is 0.753. The Morgan fingerprint density at radius 2 is 2.00 bits per heavy atom. The molecule has 110 valence electrons. The zero-order valence-electron chi connectivity index (χ0n) is 11.4. The molecule has 0 bridgehead atoms. The minimum absolute atomic E-state index is 0.0198. The number of anilines is 1. The maximum Gasteiger partial charge on any atom is 0.338 e. The van der Waals surface area contributed by atoms with E-state index >= 15 is 0 Å². The van der Waals surface area contributed by atoms with Crippen LogP contribution in [-0.2, 0) is 20.7 Å². The first-order chi connectivity index (χ1) is 9.47. The molecule has 1 aromatic heterocycles. The third-order valence-corrected chi connectivity index (χ3v) is 3.67. The summed E-state index contributed by atoms with van der Waals surface area (Å²) in [5.74, 6) is -1.92. The number of carbonyl (C=O) groups excluding carboxylic acids is 2. The highest BCUT2D eigenvalue weighted by atomic mass is 32.1. The van der Waals surface area contributed by atoms with Crippen LogP contribution in [0.15, 0.2) is 6.07 Å². The number of esters is 1. The molecule has 0 aliphatic rings. The lowest BCUT2D eigenvalue weighted by Crippen LogP contribution is -2.15. The van der Waals surface area contributed by atoms with Crippen LogP contribution in [0.2, 0.25) is 0 Å². The van der Waals surface area contributed by atoms with Crippen LogP contribution in [0.4, 0.5) is 5.00 Å². The number of aromatic carboxylic acids is 1. The number of amides is 1. The molecule has 1 amide bonds. The Morgan fingerprint density at radius 1 is 1.30 bits per heavy atom. The Hall–Kier alpha value is -1.89. The Morgan fingerprint density at radius 3 is 2.55 bits per heavy atom. The fourth-order valence-electron chi connectivity index (χ4n) is 1.51. The first kappa shape index (κ1) is 16.2. The summed E-state index contributed by atoms with van der Waals surface area (Å²) in [5.41, 5.74) is 0.0799. The number of hydrogen-bond acceptors (Lipinski definition) is 5. The molecule has 2 N–H and O–H groups in total. The van der Waals surface area contributed by atoms with E-state index in [0.29, 0.717) is 11.4 Å². The highest BCUT2D eigenvalue weighted by Gasteiger charge is 2.17. The summed E-state index contributed by atoms with van der Waals surface area (Å²) in [5, 5.41) is 11.9. The number of thiophene rings is 1. The van der Waals surface area contributed by atoms with Crippen LogP contribution < -0.4 is 5.32 Å². The molecule has 1 heterocycles. The van der Waals surface area contributed by atoms with E-state index in [1.165, 1.54) is 11.3 Å². The minimum Gasteiger partial charge on any atom is -0.478 e. The van der Waals surface area contributed by atoms with Crippen molar-refractivity contribution in [2.45, 2.75) is 33.1 Å². The smallest absolute Gasteiger partial charge is 0.338 e. The molecular formula is C13H17NO5S. The van der Waals surface area contributed by atoms with Crippen molar-refractivity contribution in [1.82, 2.24) is 0 Å². The number of hydrogen-bond donors (Lipinski definition) is 2.